The fourth-order valence-corrected chi connectivity index (χ4v) is 3.27. The summed E-state index contributed by atoms with van der Waals surface area (Å²) in [5.41, 5.74) is 4.33. The number of carbonyl (C=O) groups is 1. The van der Waals surface area contributed by atoms with Gasteiger partial charge in [-0.1, -0.05) is 0 Å². The Morgan fingerprint density at radius 1 is 1.41 bits per heavy atom. The van der Waals surface area contributed by atoms with Crippen LogP contribution in [0.2, 0.25) is 0 Å². The van der Waals surface area contributed by atoms with Crippen LogP contribution in [0.15, 0.2) is 12.3 Å². The van der Waals surface area contributed by atoms with E-state index in [9.17, 15) is 4.79 Å². The molecule has 0 radical (unpaired) electrons. The van der Waals surface area contributed by atoms with Crippen LogP contribution in [0, 0.1) is 20.8 Å². The number of carbonyl (C=O) groups excluding carboxylic acids is 1. The Labute approximate surface area is 130 Å². The van der Waals surface area contributed by atoms with Crippen LogP contribution in [0.25, 0.3) is 0 Å². The second-order valence-electron chi connectivity index (χ2n) is 6.23. The van der Waals surface area contributed by atoms with E-state index in [1.807, 2.05) is 31.0 Å². The number of nitrogens with one attached hydrogen (secondary N) is 1. The molecule has 0 spiro atoms. The van der Waals surface area contributed by atoms with E-state index in [1.165, 1.54) is 11.3 Å². The first-order valence-corrected chi connectivity index (χ1v) is 7.83. The average molecular weight is 301 g/mol. The Morgan fingerprint density at radius 3 is 2.86 bits per heavy atom. The van der Waals surface area contributed by atoms with Gasteiger partial charge in [-0.3, -0.25) is 14.6 Å². The van der Waals surface area contributed by atoms with Crippen molar-refractivity contribution in [1.82, 2.24) is 24.9 Å². The second-order valence-corrected chi connectivity index (χ2v) is 6.23. The van der Waals surface area contributed by atoms with Crippen molar-refractivity contribution in [3.8, 4) is 0 Å². The maximum Gasteiger partial charge on any atom is 0.244 e. The molecule has 1 atom stereocenters. The molecule has 1 N–H and O–H groups in total. The lowest BCUT2D eigenvalue weighted by Gasteiger charge is -2.32. The van der Waals surface area contributed by atoms with E-state index < -0.39 is 0 Å². The highest BCUT2D eigenvalue weighted by molar-refractivity contribution is 5.76. The van der Waals surface area contributed by atoms with E-state index in [1.54, 1.807) is 4.68 Å². The molecule has 0 unspecified atom stereocenters. The van der Waals surface area contributed by atoms with Gasteiger partial charge in [0.05, 0.1) is 11.9 Å². The van der Waals surface area contributed by atoms with E-state index in [0.717, 1.165) is 37.3 Å². The van der Waals surface area contributed by atoms with Crippen LogP contribution in [0.3, 0.4) is 0 Å². The summed E-state index contributed by atoms with van der Waals surface area (Å²) in [6, 6.07) is 2.00. The second kappa shape index (κ2) is 5.94. The zero-order chi connectivity index (χ0) is 15.7. The number of hydrogen-bond donors (Lipinski definition) is 1. The van der Waals surface area contributed by atoms with Crippen LogP contribution >= 0.6 is 0 Å². The van der Waals surface area contributed by atoms with Gasteiger partial charge in [-0.15, -0.1) is 0 Å². The van der Waals surface area contributed by atoms with Crippen molar-refractivity contribution in [1.29, 1.82) is 0 Å². The van der Waals surface area contributed by atoms with Crippen LogP contribution < -0.4 is 0 Å². The topological polar surface area (TPSA) is 66.8 Å². The van der Waals surface area contributed by atoms with Gasteiger partial charge in [0.15, 0.2) is 0 Å². The Kier molecular flexibility index (Phi) is 4.00. The highest BCUT2D eigenvalue weighted by Gasteiger charge is 2.26. The molecular formula is C16H23N5O. The van der Waals surface area contributed by atoms with Gasteiger partial charge in [-0.05, 0) is 45.2 Å². The third kappa shape index (κ3) is 2.91. The van der Waals surface area contributed by atoms with Gasteiger partial charge in [0.25, 0.3) is 0 Å². The highest BCUT2D eigenvalue weighted by atomic mass is 16.2. The average Bonchev–Trinajstić information content (AvgIpc) is 3.05. The van der Waals surface area contributed by atoms with E-state index in [2.05, 4.69) is 22.2 Å². The molecule has 0 aliphatic carbocycles. The van der Waals surface area contributed by atoms with Gasteiger partial charge in [0, 0.05) is 30.4 Å². The van der Waals surface area contributed by atoms with Crippen LogP contribution in [-0.2, 0) is 11.3 Å². The van der Waals surface area contributed by atoms with Crippen LogP contribution in [0.1, 0.15) is 41.4 Å². The molecule has 0 aromatic carbocycles. The number of likely N-dealkylation sites (tertiary alicyclic amines) is 1. The number of nitrogens with zero attached hydrogens (tertiary/aromatic N) is 4. The first-order chi connectivity index (χ1) is 10.5. The minimum atomic E-state index is 0.146. The molecule has 1 aliphatic rings. The van der Waals surface area contributed by atoms with E-state index >= 15 is 0 Å². The molecule has 1 aliphatic heterocycles. The summed E-state index contributed by atoms with van der Waals surface area (Å²) in [6.07, 6.45) is 3.99. The molecule has 22 heavy (non-hydrogen) atoms. The molecule has 1 fully saturated rings. The lowest BCUT2D eigenvalue weighted by molar-refractivity contribution is -0.133. The molecule has 3 rings (SSSR count). The molecule has 6 nitrogen and oxygen atoms in total. The minimum absolute atomic E-state index is 0.146. The van der Waals surface area contributed by atoms with Gasteiger partial charge in [-0.2, -0.15) is 10.2 Å². The van der Waals surface area contributed by atoms with Crippen LogP contribution in [0.4, 0.5) is 0 Å². The maximum atomic E-state index is 12.6. The molecule has 3 heterocycles. The standard InChI is InChI=1S/C16H23N5O/c1-11-8-17-18-16(11)14-5-4-6-20(9-14)15(22)10-21-13(3)7-12(2)19-21/h7-8,14H,4-6,9-10H2,1-3H3,(H,17,18)/t14-/m1/s1. The SMILES string of the molecule is Cc1cc(C)n(CC(=O)N2CCC[C@@H](c3[nH]ncc3C)C2)n1. The highest BCUT2D eigenvalue weighted by Crippen LogP contribution is 2.27. The lowest BCUT2D eigenvalue weighted by atomic mass is 9.93. The molecule has 1 saturated heterocycles. The largest absolute Gasteiger partial charge is 0.340 e. The van der Waals surface area contributed by atoms with Crippen molar-refractivity contribution in [2.75, 3.05) is 13.1 Å². The van der Waals surface area contributed by atoms with Crippen molar-refractivity contribution < 1.29 is 4.79 Å². The van der Waals surface area contributed by atoms with Gasteiger partial charge >= 0.3 is 0 Å². The minimum Gasteiger partial charge on any atom is -0.340 e. The Morgan fingerprint density at radius 2 is 2.23 bits per heavy atom. The zero-order valence-corrected chi connectivity index (χ0v) is 13.5. The molecule has 118 valence electrons. The monoisotopic (exact) mass is 301 g/mol. The Hall–Kier alpha value is -2.11. The predicted molar refractivity (Wildman–Crippen MR) is 83.6 cm³/mol. The number of hydrogen-bond acceptors (Lipinski definition) is 3. The number of aromatic amines is 1. The quantitative estimate of drug-likeness (QED) is 0.942. The number of aromatic nitrogens is 4. The summed E-state index contributed by atoms with van der Waals surface area (Å²) in [4.78, 5) is 14.5. The Balaban J connectivity index is 1.68. The third-order valence-corrected chi connectivity index (χ3v) is 4.44. The zero-order valence-electron chi connectivity index (χ0n) is 13.5. The van der Waals surface area contributed by atoms with E-state index in [4.69, 9.17) is 0 Å². The van der Waals surface area contributed by atoms with Crippen molar-refractivity contribution in [3.63, 3.8) is 0 Å². The summed E-state index contributed by atoms with van der Waals surface area (Å²) in [6.45, 7) is 7.93. The van der Waals surface area contributed by atoms with Crippen LogP contribution in [0.5, 0.6) is 0 Å². The molecule has 0 saturated carbocycles. The summed E-state index contributed by atoms with van der Waals surface area (Å²) in [5, 5.41) is 11.6. The molecule has 1 amide bonds. The summed E-state index contributed by atoms with van der Waals surface area (Å²) in [7, 11) is 0. The maximum absolute atomic E-state index is 12.6. The number of H-pyrrole nitrogens is 1. The molecule has 2 aromatic heterocycles. The van der Waals surface area contributed by atoms with Gasteiger partial charge in [0.2, 0.25) is 5.91 Å². The third-order valence-electron chi connectivity index (χ3n) is 4.44. The van der Waals surface area contributed by atoms with Crippen LogP contribution in [-0.4, -0.2) is 43.9 Å². The first-order valence-electron chi connectivity index (χ1n) is 7.83. The van der Waals surface area contributed by atoms with Crippen molar-refractivity contribution >= 4 is 5.91 Å². The lowest BCUT2D eigenvalue weighted by Crippen LogP contribution is -2.41. The molecular weight excluding hydrogens is 278 g/mol. The molecule has 6 heteroatoms. The number of aryl methyl sites for hydroxylation is 3. The summed E-state index contributed by atoms with van der Waals surface area (Å²) >= 11 is 0. The summed E-state index contributed by atoms with van der Waals surface area (Å²) in [5.74, 6) is 0.508. The Bertz CT molecular complexity index is 672. The predicted octanol–water partition coefficient (Wildman–Crippen LogP) is 1.94. The fraction of sp³-hybridized carbons (Fsp3) is 0.562. The van der Waals surface area contributed by atoms with Gasteiger partial charge in [-0.25, -0.2) is 0 Å². The molecule has 0 bridgehead atoms. The smallest absolute Gasteiger partial charge is 0.244 e. The van der Waals surface area contributed by atoms with Crippen molar-refractivity contribution in [2.24, 2.45) is 0 Å². The van der Waals surface area contributed by atoms with Gasteiger partial charge in [0.1, 0.15) is 6.54 Å². The number of amides is 1. The van der Waals surface area contributed by atoms with E-state index in [-0.39, 0.29) is 5.91 Å². The van der Waals surface area contributed by atoms with Crippen molar-refractivity contribution in [2.45, 2.75) is 46.1 Å². The fourth-order valence-electron chi connectivity index (χ4n) is 3.27. The normalized spacial score (nSPS) is 18.7. The number of rotatable bonds is 3. The van der Waals surface area contributed by atoms with Crippen molar-refractivity contribution in [3.05, 3.63) is 34.9 Å². The number of piperidine rings is 1. The first kappa shape index (κ1) is 14.8. The van der Waals surface area contributed by atoms with E-state index in [0.29, 0.717) is 12.5 Å². The van der Waals surface area contributed by atoms with Gasteiger partial charge < -0.3 is 4.90 Å². The summed E-state index contributed by atoms with van der Waals surface area (Å²) < 4.78 is 1.79. The molecule has 2 aromatic rings.